The normalized spacial score (nSPS) is 19.2. The standard InChI is InChI=1S/C34H37N7O7/c35-15-3-6-30-32(44)38-28(18-22-19-37-27-5-2-1-4-25(22)27)31(43)39-29(17-21-7-11-23(12-8-21)41(47)48)34(46)40(30)33(45)26(36)16-20-9-13-24(42)14-10-20/h1-2,4-5,7-14,19,26,28-30,37,42H,3,6,15-18,35-36H2,(H,38,44)(H,39,43)/t26-,28-,29-,30+/m0/s1. The van der Waals surface area contributed by atoms with Crippen molar-refractivity contribution in [2.24, 2.45) is 11.5 Å². The van der Waals surface area contributed by atoms with Crippen molar-refractivity contribution in [3.8, 4) is 5.75 Å². The van der Waals surface area contributed by atoms with E-state index in [2.05, 4.69) is 15.6 Å². The number of nitro groups is 1. The van der Waals surface area contributed by atoms with Crippen molar-refractivity contribution < 1.29 is 29.2 Å². The molecule has 0 spiro atoms. The van der Waals surface area contributed by atoms with E-state index in [1.807, 2.05) is 24.3 Å². The molecule has 0 bridgehead atoms. The van der Waals surface area contributed by atoms with Crippen molar-refractivity contribution in [2.75, 3.05) is 6.54 Å². The van der Waals surface area contributed by atoms with Crippen molar-refractivity contribution in [1.82, 2.24) is 20.5 Å². The van der Waals surface area contributed by atoms with Crippen LogP contribution < -0.4 is 22.1 Å². The van der Waals surface area contributed by atoms with Crippen LogP contribution in [0.25, 0.3) is 10.9 Å². The Bertz CT molecular complexity index is 1810. The van der Waals surface area contributed by atoms with Gasteiger partial charge in [0.15, 0.2) is 0 Å². The van der Waals surface area contributed by atoms with Gasteiger partial charge in [-0.15, -0.1) is 0 Å². The molecule has 14 heteroatoms. The van der Waals surface area contributed by atoms with E-state index in [9.17, 15) is 34.4 Å². The molecule has 1 aliphatic rings. The van der Waals surface area contributed by atoms with Gasteiger partial charge in [0.25, 0.3) is 11.6 Å². The highest BCUT2D eigenvalue weighted by atomic mass is 16.6. The first-order chi connectivity index (χ1) is 23.0. The summed E-state index contributed by atoms with van der Waals surface area (Å²) in [6, 6.07) is 14.0. The smallest absolute Gasteiger partial charge is 0.269 e. The van der Waals surface area contributed by atoms with Crippen LogP contribution in [0, 0.1) is 10.1 Å². The third kappa shape index (κ3) is 7.67. The Labute approximate surface area is 275 Å². The molecule has 48 heavy (non-hydrogen) atoms. The number of H-pyrrole nitrogens is 1. The number of nitrogens with zero attached hydrogens (tertiary/aromatic N) is 2. The molecule has 0 radical (unpaired) electrons. The zero-order valence-corrected chi connectivity index (χ0v) is 26.0. The molecule has 0 unspecified atom stereocenters. The fourth-order valence-electron chi connectivity index (χ4n) is 5.88. The second kappa shape index (κ2) is 14.9. The van der Waals surface area contributed by atoms with Crippen LogP contribution in [-0.2, 0) is 38.4 Å². The number of nitro benzene ring substituents is 1. The van der Waals surface area contributed by atoms with Gasteiger partial charge < -0.3 is 32.2 Å². The molecule has 0 aliphatic carbocycles. The van der Waals surface area contributed by atoms with Gasteiger partial charge in [-0.25, -0.2) is 0 Å². The number of carbonyl (C=O) groups is 4. The van der Waals surface area contributed by atoms with Crippen LogP contribution in [0.4, 0.5) is 5.69 Å². The number of nitrogens with two attached hydrogens (primary N) is 2. The van der Waals surface area contributed by atoms with E-state index >= 15 is 0 Å². The van der Waals surface area contributed by atoms with Crippen LogP contribution >= 0.6 is 0 Å². The molecule has 250 valence electrons. The number of carbonyl (C=O) groups excluding carboxylic acids is 4. The van der Waals surface area contributed by atoms with E-state index in [4.69, 9.17) is 11.5 Å². The summed E-state index contributed by atoms with van der Waals surface area (Å²) >= 11 is 0. The lowest BCUT2D eigenvalue weighted by molar-refractivity contribution is -0.384. The van der Waals surface area contributed by atoms with E-state index in [0.29, 0.717) is 11.1 Å². The number of benzene rings is 3. The van der Waals surface area contributed by atoms with Crippen LogP contribution in [0.5, 0.6) is 5.75 Å². The van der Waals surface area contributed by atoms with Gasteiger partial charge in [-0.05, 0) is 60.7 Å². The molecule has 4 aromatic rings. The highest BCUT2D eigenvalue weighted by Crippen LogP contribution is 2.22. The van der Waals surface area contributed by atoms with Gasteiger partial charge in [0.05, 0.1) is 11.0 Å². The number of aromatic amines is 1. The maximum absolute atomic E-state index is 14.4. The fourth-order valence-corrected chi connectivity index (χ4v) is 5.88. The summed E-state index contributed by atoms with van der Waals surface area (Å²) in [6.45, 7) is 0.168. The average molecular weight is 656 g/mol. The largest absolute Gasteiger partial charge is 0.508 e. The molecule has 5 rings (SSSR count). The molecule has 0 saturated carbocycles. The van der Waals surface area contributed by atoms with Gasteiger partial charge in [-0.2, -0.15) is 0 Å². The molecular formula is C34H37N7O7. The Balaban J connectivity index is 1.53. The molecule has 4 atom stereocenters. The molecule has 1 aromatic heterocycles. The average Bonchev–Trinajstić information content (AvgIpc) is 3.49. The fraction of sp³-hybridized carbons (Fsp3) is 0.294. The summed E-state index contributed by atoms with van der Waals surface area (Å²) in [7, 11) is 0. The zero-order valence-electron chi connectivity index (χ0n) is 26.0. The molecule has 2 heterocycles. The van der Waals surface area contributed by atoms with Gasteiger partial charge in [-0.1, -0.05) is 42.5 Å². The number of amides is 4. The number of aromatic hydroxyl groups is 1. The van der Waals surface area contributed by atoms with Gasteiger partial charge in [-0.3, -0.25) is 34.2 Å². The lowest BCUT2D eigenvalue weighted by Gasteiger charge is -2.33. The van der Waals surface area contributed by atoms with Crippen LogP contribution in [0.3, 0.4) is 0 Å². The van der Waals surface area contributed by atoms with Crippen LogP contribution in [0.2, 0.25) is 0 Å². The van der Waals surface area contributed by atoms with E-state index in [1.54, 1.807) is 18.3 Å². The molecule has 14 nitrogen and oxygen atoms in total. The minimum atomic E-state index is -1.34. The van der Waals surface area contributed by atoms with Gasteiger partial charge >= 0.3 is 0 Å². The van der Waals surface area contributed by atoms with Crippen molar-refractivity contribution in [3.05, 3.63) is 106 Å². The van der Waals surface area contributed by atoms with Crippen molar-refractivity contribution in [3.63, 3.8) is 0 Å². The van der Waals surface area contributed by atoms with Crippen molar-refractivity contribution in [1.29, 1.82) is 0 Å². The summed E-state index contributed by atoms with van der Waals surface area (Å²) in [4.78, 5) is 71.0. The van der Waals surface area contributed by atoms with Crippen LogP contribution in [0.1, 0.15) is 29.5 Å². The first-order valence-electron chi connectivity index (χ1n) is 15.5. The van der Waals surface area contributed by atoms with Crippen molar-refractivity contribution >= 4 is 40.2 Å². The monoisotopic (exact) mass is 655 g/mol. The Kier molecular flexibility index (Phi) is 10.5. The van der Waals surface area contributed by atoms with Crippen LogP contribution in [-0.4, -0.2) is 74.3 Å². The number of phenols is 1. The summed E-state index contributed by atoms with van der Waals surface area (Å²) in [5.74, 6) is -3.01. The minimum Gasteiger partial charge on any atom is -0.508 e. The van der Waals surface area contributed by atoms with Crippen molar-refractivity contribution in [2.45, 2.75) is 56.3 Å². The number of phenolic OH excluding ortho intramolecular Hbond substituents is 1. The number of nitrogens with one attached hydrogen (secondary N) is 3. The lowest BCUT2D eigenvalue weighted by atomic mass is 9.99. The van der Waals surface area contributed by atoms with E-state index in [1.165, 1.54) is 36.4 Å². The second-order valence-electron chi connectivity index (χ2n) is 11.8. The minimum absolute atomic E-state index is 0.00329. The first kappa shape index (κ1) is 33.8. The Morgan fingerprint density at radius 3 is 2.27 bits per heavy atom. The quantitative estimate of drug-likeness (QED) is 0.102. The first-order valence-corrected chi connectivity index (χ1v) is 15.5. The van der Waals surface area contributed by atoms with Gasteiger partial charge in [0.1, 0.15) is 23.9 Å². The number of para-hydroxylation sites is 1. The van der Waals surface area contributed by atoms with Gasteiger partial charge in [0.2, 0.25) is 17.7 Å². The van der Waals surface area contributed by atoms with E-state index in [-0.39, 0.29) is 50.1 Å². The van der Waals surface area contributed by atoms with Crippen LogP contribution in [0.15, 0.2) is 79.0 Å². The highest BCUT2D eigenvalue weighted by molar-refractivity contribution is 6.06. The maximum Gasteiger partial charge on any atom is 0.269 e. The van der Waals surface area contributed by atoms with E-state index < -0.39 is 52.7 Å². The summed E-state index contributed by atoms with van der Waals surface area (Å²) in [5.41, 5.74) is 14.7. The summed E-state index contributed by atoms with van der Waals surface area (Å²) in [6.07, 6.45) is 2.00. The molecule has 3 aromatic carbocycles. The molecule has 4 amide bonds. The number of hydrogen-bond donors (Lipinski definition) is 6. The molecule has 1 aliphatic heterocycles. The summed E-state index contributed by atoms with van der Waals surface area (Å²) in [5, 5.41) is 27.3. The molecule has 8 N–H and O–H groups in total. The maximum atomic E-state index is 14.4. The third-order valence-corrected chi connectivity index (χ3v) is 8.41. The number of imide groups is 1. The second-order valence-corrected chi connectivity index (χ2v) is 11.8. The molecule has 1 saturated heterocycles. The number of fused-ring (bicyclic) bond motifs is 1. The Hall–Kier alpha value is -5.60. The Morgan fingerprint density at radius 2 is 1.58 bits per heavy atom. The zero-order chi connectivity index (χ0) is 34.4. The Morgan fingerprint density at radius 1 is 0.917 bits per heavy atom. The van der Waals surface area contributed by atoms with E-state index in [0.717, 1.165) is 21.4 Å². The third-order valence-electron chi connectivity index (χ3n) is 8.41. The number of rotatable bonds is 11. The number of non-ortho nitro benzene ring substituents is 1. The summed E-state index contributed by atoms with van der Waals surface area (Å²) < 4.78 is 0. The van der Waals surface area contributed by atoms with Gasteiger partial charge in [0, 0.05) is 42.1 Å². The lowest BCUT2D eigenvalue weighted by Crippen LogP contribution is -2.60. The predicted molar refractivity (Wildman–Crippen MR) is 176 cm³/mol. The number of aromatic nitrogens is 1. The highest BCUT2D eigenvalue weighted by Gasteiger charge is 2.43. The molecule has 1 fully saturated rings. The number of hydrogen-bond acceptors (Lipinski definition) is 9. The predicted octanol–water partition coefficient (Wildman–Crippen LogP) is 1.58. The topological polar surface area (TPSA) is 227 Å². The molecular weight excluding hydrogens is 618 g/mol. The SMILES string of the molecule is NCCC[C@@H]1C(=O)N[C@@H](Cc2c[nH]c3ccccc23)C(=O)N[C@@H](Cc2ccc([N+](=O)[O-])cc2)C(=O)N1C(=O)[C@@H](N)Cc1ccc(O)cc1.